The number of anilines is 1. The highest BCUT2D eigenvalue weighted by molar-refractivity contribution is 5.97. The summed E-state index contributed by atoms with van der Waals surface area (Å²) >= 11 is 0. The van der Waals surface area contributed by atoms with Gasteiger partial charge in [-0.3, -0.25) is 4.79 Å². The maximum Gasteiger partial charge on any atom is 0.433 e. The van der Waals surface area contributed by atoms with Crippen LogP contribution in [0.5, 0.6) is 5.75 Å². The first kappa shape index (κ1) is 19.2. The highest BCUT2D eigenvalue weighted by atomic mass is 19.4. The molecule has 0 aliphatic heterocycles. The van der Waals surface area contributed by atoms with Crippen molar-refractivity contribution < 1.29 is 17.9 Å². The summed E-state index contributed by atoms with van der Waals surface area (Å²) in [5.41, 5.74) is 3.57. The normalized spacial score (nSPS) is 11.8. The molecule has 3 aromatic rings. The van der Waals surface area contributed by atoms with Crippen LogP contribution in [-0.2, 0) is 6.18 Å². The quantitative estimate of drug-likeness (QED) is 0.536. The fourth-order valence-electron chi connectivity index (χ4n) is 2.54. The van der Waals surface area contributed by atoms with Crippen LogP contribution in [-0.4, -0.2) is 22.5 Å². The van der Waals surface area contributed by atoms with Crippen molar-refractivity contribution >= 4 is 22.9 Å². The Hall–Kier alpha value is -3.62. The molecule has 0 unspecified atom stereocenters. The lowest BCUT2D eigenvalue weighted by Gasteiger charge is -2.11. The summed E-state index contributed by atoms with van der Waals surface area (Å²) in [5.74, 6) is -0.182. The molecular weight excluding hydrogens is 373 g/mol. The minimum absolute atomic E-state index is 0.235. The zero-order valence-electron chi connectivity index (χ0n) is 14.5. The van der Waals surface area contributed by atoms with Crippen LogP contribution in [0.25, 0.3) is 10.8 Å². The first-order valence-corrected chi connectivity index (χ1v) is 8.08. The Kier molecular flexibility index (Phi) is 5.16. The van der Waals surface area contributed by atoms with Crippen molar-refractivity contribution in [2.45, 2.75) is 6.18 Å². The van der Waals surface area contributed by atoms with E-state index in [1.165, 1.54) is 6.21 Å². The molecule has 0 aliphatic carbocycles. The Morgan fingerprint density at radius 3 is 2.68 bits per heavy atom. The molecule has 0 atom stereocenters. The number of fused-ring (bicyclic) bond motifs is 1. The largest absolute Gasteiger partial charge is 0.488 e. The SMILES string of the molecule is C=CCOc1c(/C=N\n2c(N)nc(C(F)(F)F)cc2=O)ccc2ccccc12. The van der Waals surface area contributed by atoms with E-state index >= 15 is 0 Å². The third-order valence-corrected chi connectivity index (χ3v) is 3.78. The molecule has 1 aromatic heterocycles. The molecule has 9 heteroatoms. The minimum atomic E-state index is -4.78. The van der Waals surface area contributed by atoms with Gasteiger partial charge in [0.1, 0.15) is 12.4 Å². The molecule has 0 fully saturated rings. The number of nitrogens with two attached hydrogens (primary N) is 1. The molecular formula is C19H15F3N4O2. The van der Waals surface area contributed by atoms with Crippen molar-refractivity contribution in [2.24, 2.45) is 5.10 Å². The topological polar surface area (TPSA) is 82.5 Å². The number of ether oxygens (including phenoxy) is 1. The Morgan fingerprint density at radius 2 is 2.00 bits per heavy atom. The zero-order chi connectivity index (χ0) is 20.3. The van der Waals surface area contributed by atoms with Crippen LogP contribution in [0.15, 0.2) is 65.0 Å². The van der Waals surface area contributed by atoms with E-state index in [0.717, 1.165) is 10.8 Å². The van der Waals surface area contributed by atoms with E-state index in [1.807, 2.05) is 30.3 Å². The summed E-state index contributed by atoms with van der Waals surface area (Å²) in [6, 6.07) is 11.3. The van der Waals surface area contributed by atoms with E-state index in [-0.39, 0.29) is 6.61 Å². The number of alkyl halides is 3. The van der Waals surface area contributed by atoms with Gasteiger partial charge in [0.2, 0.25) is 5.95 Å². The van der Waals surface area contributed by atoms with E-state index in [9.17, 15) is 18.0 Å². The van der Waals surface area contributed by atoms with Gasteiger partial charge in [0.15, 0.2) is 5.69 Å². The number of aromatic nitrogens is 2. The van der Waals surface area contributed by atoms with Gasteiger partial charge in [-0.1, -0.05) is 43.0 Å². The van der Waals surface area contributed by atoms with Gasteiger partial charge in [0.25, 0.3) is 5.56 Å². The van der Waals surface area contributed by atoms with E-state index in [4.69, 9.17) is 10.5 Å². The molecule has 0 spiro atoms. The van der Waals surface area contributed by atoms with Crippen molar-refractivity contribution in [1.82, 2.24) is 9.66 Å². The molecule has 0 saturated carbocycles. The molecule has 2 N–H and O–H groups in total. The van der Waals surface area contributed by atoms with Gasteiger partial charge in [-0.05, 0) is 11.5 Å². The molecule has 0 radical (unpaired) electrons. The van der Waals surface area contributed by atoms with Crippen LogP contribution in [0.4, 0.5) is 19.1 Å². The summed E-state index contributed by atoms with van der Waals surface area (Å²) in [6.07, 6.45) is -1.93. The molecule has 0 aliphatic rings. The molecule has 144 valence electrons. The van der Waals surface area contributed by atoms with Crippen LogP contribution in [0.2, 0.25) is 0 Å². The Morgan fingerprint density at radius 1 is 1.25 bits per heavy atom. The number of hydrogen-bond donors (Lipinski definition) is 1. The highest BCUT2D eigenvalue weighted by Crippen LogP contribution is 2.29. The van der Waals surface area contributed by atoms with Crippen LogP contribution in [0.3, 0.4) is 0 Å². The van der Waals surface area contributed by atoms with Crippen LogP contribution >= 0.6 is 0 Å². The molecule has 1 heterocycles. The first-order valence-electron chi connectivity index (χ1n) is 8.08. The highest BCUT2D eigenvalue weighted by Gasteiger charge is 2.33. The van der Waals surface area contributed by atoms with E-state index in [2.05, 4.69) is 16.7 Å². The van der Waals surface area contributed by atoms with E-state index < -0.39 is 23.4 Å². The lowest BCUT2D eigenvalue weighted by molar-refractivity contribution is -0.141. The molecule has 28 heavy (non-hydrogen) atoms. The number of hydrogen-bond acceptors (Lipinski definition) is 5. The average molecular weight is 388 g/mol. The molecule has 0 bridgehead atoms. The van der Waals surface area contributed by atoms with E-state index in [0.29, 0.717) is 22.1 Å². The average Bonchev–Trinajstić information content (AvgIpc) is 2.65. The number of nitrogen functional groups attached to an aromatic ring is 1. The lowest BCUT2D eigenvalue weighted by atomic mass is 10.1. The maximum atomic E-state index is 12.7. The fourth-order valence-corrected chi connectivity index (χ4v) is 2.54. The third-order valence-electron chi connectivity index (χ3n) is 3.78. The van der Waals surface area contributed by atoms with Crippen molar-refractivity contribution in [2.75, 3.05) is 12.3 Å². The molecule has 0 saturated heterocycles. The summed E-state index contributed by atoms with van der Waals surface area (Å²) in [6.45, 7) is 3.84. The molecule has 0 amide bonds. The number of nitrogens with zero attached hydrogens (tertiary/aromatic N) is 3. The van der Waals surface area contributed by atoms with Gasteiger partial charge in [-0.15, -0.1) is 0 Å². The Bertz CT molecular complexity index is 1120. The molecule has 3 rings (SSSR count). The second kappa shape index (κ2) is 7.55. The lowest BCUT2D eigenvalue weighted by Crippen LogP contribution is -2.24. The van der Waals surface area contributed by atoms with Crippen LogP contribution in [0, 0.1) is 0 Å². The standard InChI is InChI=1S/C19H15F3N4O2/c1-2-9-28-17-13(8-7-12-5-3-4-6-14(12)17)11-24-26-16(27)10-15(19(20,21)22)25-18(26)23/h2-8,10-11H,1,9H2,(H2,23,25)/b24-11-. The van der Waals surface area contributed by atoms with Crippen molar-refractivity contribution in [1.29, 1.82) is 0 Å². The number of rotatable bonds is 5. The van der Waals surface area contributed by atoms with Gasteiger partial charge in [-0.2, -0.15) is 22.9 Å². The van der Waals surface area contributed by atoms with Gasteiger partial charge in [0, 0.05) is 17.0 Å². The maximum absolute atomic E-state index is 12.7. The Balaban J connectivity index is 2.06. The van der Waals surface area contributed by atoms with Gasteiger partial charge in [0.05, 0.1) is 6.21 Å². The minimum Gasteiger partial charge on any atom is -0.488 e. The summed E-state index contributed by atoms with van der Waals surface area (Å²) in [7, 11) is 0. The van der Waals surface area contributed by atoms with Gasteiger partial charge < -0.3 is 10.5 Å². The number of halogens is 3. The fraction of sp³-hybridized carbons (Fsp3) is 0.105. The third kappa shape index (κ3) is 3.88. The summed E-state index contributed by atoms with van der Waals surface area (Å²) in [4.78, 5) is 15.2. The van der Waals surface area contributed by atoms with Crippen molar-refractivity contribution in [3.05, 3.63) is 76.7 Å². The summed E-state index contributed by atoms with van der Waals surface area (Å²) < 4.78 is 44.5. The Labute approximate surface area is 157 Å². The molecule has 6 nitrogen and oxygen atoms in total. The molecule has 2 aromatic carbocycles. The second-order valence-electron chi connectivity index (χ2n) is 5.70. The predicted octanol–water partition coefficient (Wildman–Crippen LogP) is 3.44. The second-order valence-corrected chi connectivity index (χ2v) is 5.70. The monoisotopic (exact) mass is 388 g/mol. The smallest absolute Gasteiger partial charge is 0.433 e. The summed E-state index contributed by atoms with van der Waals surface area (Å²) in [5, 5.41) is 5.62. The van der Waals surface area contributed by atoms with Gasteiger partial charge in [-0.25, -0.2) is 4.98 Å². The number of benzene rings is 2. The van der Waals surface area contributed by atoms with E-state index in [1.54, 1.807) is 12.1 Å². The van der Waals surface area contributed by atoms with Gasteiger partial charge >= 0.3 is 6.18 Å². The van der Waals surface area contributed by atoms with Crippen LogP contribution in [0.1, 0.15) is 11.3 Å². The zero-order valence-corrected chi connectivity index (χ0v) is 14.5. The van der Waals surface area contributed by atoms with Crippen molar-refractivity contribution in [3.8, 4) is 5.75 Å². The predicted molar refractivity (Wildman–Crippen MR) is 101 cm³/mol. The van der Waals surface area contributed by atoms with Crippen molar-refractivity contribution in [3.63, 3.8) is 0 Å². The first-order chi connectivity index (χ1) is 13.3. The van der Waals surface area contributed by atoms with Crippen LogP contribution < -0.4 is 16.0 Å².